The highest BCUT2D eigenvalue weighted by atomic mass is 79.9. The third-order valence-electron chi connectivity index (χ3n) is 2.56. The van der Waals surface area contributed by atoms with Gasteiger partial charge < -0.3 is 4.74 Å². The fraction of sp³-hybridized carbons (Fsp3) is 0.143. The number of alkyl halides is 4. The lowest BCUT2D eigenvalue weighted by Crippen LogP contribution is -2.08. The van der Waals surface area contributed by atoms with Crippen molar-refractivity contribution >= 4 is 27.5 Å². The van der Waals surface area contributed by atoms with E-state index in [4.69, 9.17) is 16.3 Å². The summed E-state index contributed by atoms with van der Waals surface area (Å²) in [6.07, 6.45) is -4.42. The molecule has 0 aliphatic rings. The number of hydrogen-bond acceptors (Lipinski definition) is 1. The lowest BCUT2D eigenvalue weighted by atomic mass is 10.1. The summed E-state index contributed by atoms with van der Waals surface area (Å²) in [6, 6.07) is 10.3. The summed E-state index contributed by atoms with van der Waals surface area (Å²) >= 11 is 8.84. The van der Waals surface area contributed by atoms with E-state index in [0.717, 1.165) is 6.07 Å². The van der Waals surface area contributed by atoms with E-state index in [-0.39, 0.29) is 16.6 Å². The first-order chi connectivity index (χ1) is 9.40. The third kappa shape index (κ3) is 3.67. The van der Waals surface area contributed by atoms with Crippen LogP contribution in [0.1, 0.15) is 11.1 Å². The predicted molar refractivity (Wildman–Crippen MR) is 75.6 cm³/mol. The maximum absolute atomic E-state index is 12.9. The summed E-state index contributed by atoms with van der Waals surface area (Å²) < 4.78 is 44.2. The summed E-state index contributed by atoms with van der Waals surface area (Å²) in [6.45, 7) is 0. The van der Waals surface area contributed by atoms with E-state index in [2.05, 4.69) is 15.9 Å². The van der Waals surface area contributed by atoms with E-state index in [0.29, 0.717) is 10.8 Å². The van der Waals surface area contributed by atoms with Crippen LogP contribution in [0.3, 0.4) is 0 Å². The van der Waals surface area contributed by atoms with Crippen LogP contribution in [0.4, 0.5) is 13.2 Å². The number of hydrogen-bond donors (Lipinski definition) is 0. The van der Waals surface area contributed by atoms with Gasteiger partial charge in [0.1, 0.15) is 11.5 Å². The highest BCUT2D eigenvalue weighted by molar-refractivity contribution is 9.08. The molecular weight excluding hydrogens is 357 g/mol. The molecular formula is C14H9BrClF3O. The number of halogens is 5. The van der Waals surface area contributed by atoms with Crippen LogP contribution >= 0.6 is 27.5 Å². The van der Waals surface area contributed by atoms with Crippen molar-refractivity contribution in [1.82, 2.24) is 0 Å². The SMILES string of the molecule is FC(F)(F)c1cc(Oc2cccc(Cl)c2)ccc1CBr. The van der Waals surface area contributed by atoms with Gasteiger partial charge in [0.15, 0.2) is 0 Å². The van der Waals surface area contributed by atoms with Crippen molar-refractivity contribution in [3.05, 3.63) is 58.6 Å². The van der Waals surface area contributed by atoms with E-state index in [1.54, 1.807) is 18.2 Å². The van der Waals surface area contributed by atoms with Gasteiger partial charge in [0.2, 0.25) is 0 Å². The summed E-state index contributed by atoms with van der Waals surface area (Å²) in [7, 11) is 0. The normalized spacial score (nSPS) is 11.4. The molecule has 0 saturated carbocycles. The average molecular weight is 366 g/mol. The Kier molecular flexibility index (Phi) is 4.60. The zero-order chi connectivity index (χ0) is 14.8. The van der Waals surface area contributed by atoms with Gasteiger partial charge in [0.25, 0.3) is 0 Å². The van der Waals surface area contributed by atoms with Gasteiger partial charge in [-0.25, -0.2) is 0 Å². The molecule has 0 saturated heterocycles. The largest absolute Gasteiger partial charge is 0.457 e. The molecule has 0 heterocycles. The second-order valence-electron chi connectivity index (χ2n) is 4.01. The van der Waals surface area contributed by atoms with Crippen LogP contribution in [-0.4, -0.2) is 0 Å². The van der Waals surface area contributed by atoms with Gasteiger partial charge in [0.05, 0.1) is 5.56 Å². The van der Waals surface area contributed by atoms with Crippen molar-refractivity contribution in [2.24, 2.45) is 0 Å². The molecule has 0 aromatic heterocycles. The van der Waals surface area contributed by atoms with Gasteiger partial charge in [-0.2, -0.15) is 13.2 Å². The predicted octanol–water partition coefficient (Wildman–Crippen LogP) is 6.05. The van der Waals surface area contributed by atoms with Crippen LogP contribution in [0.15, 0.2) is 42.5 Å². The molecule has 2 aromatic rings. The Morgan fingerprint density at radius 3 is 2.35 bits per heavy atom. The molecule has 0 radical (unpaired) electrons. The molecule has 0 N–H and O–H groups in total. The molecule has 2 rings (SSSR count). The maximum Gasteiger partial charge on any atom is 0.416 e. The summed E-state index contributed by atoms with van der Waals surface area (Å²) in [5.41, 5.74) is -0.551. The standard InChI is InChI=1S/C14H9BrClF3O/c15-8-9-4-5-12(7-13(9)14(17,18)19)20-11-3-1-2-10(16)6-11/h1-7H,8H2. The fourth-order valence-corrected chi connectivity index (χ4v) is 2.34. The minimum absolute atomic E-state index is 0.115. The van der Waals surface area contributed by atoms with Gasteiger partial charge in [-0.3, -0.25) is 0 Å². The molecule has 106 valence electrons. The van der Waals surface area contributed by atoms with E-state index in [1.165, 1.54) is 18.2 Å². The van der Waals surface area contributed by atoms with Crippen LogP contribution in [0.5, 0.6) is 11.5 Å². The van der Waals surface area contributed by atoms with Gasteiger partial charge >= 0.3 is 6.18 Å². The Balaban J connectivity index is 2.34. The summed E-state index contributed by atoms with van der Waals surface area (Å²) in [5, 5.41) is 0.579. The topological polar surface area (TPSA) is 9.23 Å². The van der Waals surface area contributed by atoms with E-state index in [1.807, 2.05) is 0 Å². The highest BCUT2D eigenvalue weighted by Crippen LogP contribution is 2.36. The van der Waals surface area contributed by atoms with Crippen molar-refractivity contribution in [3.8, 4) is 11.5 Å². The molecule has 0 fully saturated rings. The van der Waals surface area contributed by atoms with Crippen LogP contribution in [0.2, 0.25) is 5.02 Å². The lowest BCUT2D eigenvalue weighted by molar-refractivity contribution is -0.138. The Labute approximate surface area is 127 Å². The van der Waals surface area contributed by atoms with Crippen molar-refractivity contribution in [1.29, 1.82) is 0 Å². The quantitative estimate of drug-likeness (QED) is 0.602. The molecule has 0 spiro atoms. The molecule has 6 heteroatoms. The Bertz CT molecular complexity index is 614. The van der Waals surface area contributed by atoms with Crippen molar-refractivity contribution in [2.75, 3.05) is 0 Å². The molecule has 2 aromatic carbocycles. The van der Waals surface area contributed by atoms with E-state index < -0.39 is 11.7 Å². The Morgan fingerprint density at radius 1 is 1.05 bits per heavy atom. The van der Waals surface area contributed by atoms with Crippen LogP contribution in [0, 0.1) is 0 Å². The van der Waals surface area contributed by atoms with Crippen molar-refractivity contribution in [3.63, 3.8) is 0 Å². The molecule has 0 unspecified atom stereocenters. The van der Waals surface area contributed by atoms with Crippen molar-refractivity contribution in [2.45, 2.75) is 11.5 Å². The monoisotopic (exact) mass is 364 g/mol. The minimum atomic E-state index is -4.42. The average Bonchev–Trinajstić information content (AvgIpc) is 2.37. The lowest BCUT2D eigenvalue weighted by Gasteiger charge is -2.13. The first-order valence-corrected chi connectivity index (χ1v) is 7.09. The number of benzene rings is 2. The highest BCUT2D eigenvalue weighted by Gasteiger charge is 2.33. The molecule has 0 amide bonds. The van der Waals surface area contributed by atoms with Gasteiger partial charge in [0, 0.05) is 10.4 Å². The zero-order valence-electron chi connectivity index (χ0n) is 10.0. The Morgan fingerprint density at radius 2 is 1.75 bits per heavy atom. The summed E-state index contributed by atoms with van der Waals surface area (Å²) in [5.74, 6) is 0.501. The molecule has 1 nitrogen and oxygen atoms in total. The fourth-order valence-electron chi connectivity index (χ4n) is 1.67. The number of ether oxygens (including phenoxy) is 1. The van der Waals surface area contributed by atoms with E-state index in [9.17, 15) is 13.2 Å². The van der Waals surface area contributed by atoms with Gasteiger partial charge in [-0.1, -0.05) is 39.7 Å². The smallest absolute Gasteiger partial charge is 0.416 e. The molecule has 20 heavy (non-hydrogen) atoms. The summed E-state index contributed by atoms with van der Waals surface area (Å²) in [4.78, 5) is 0. The zero-order valence-corrected chi connectivity index (χ0v) is 12.4. The van der Waals surface area contributed by atoms with Crippen LogP contribution in [0.25, 0.3) is 0 Å². The second-order valence-corrected chi connectivity index (χ2v) is 5.01. The molecule has 0 atom stereocenters. The van der Waals surface area contributed by atoms with Gasteiger partial charge in [-0.15, -0.1) is 0 Å². The molecule has 0 aliphatic carbocycles. The first-order valence-electron chi connectivity index (χ1n) is 5.59. The minimum Gasteiger partial charge on any atom is -0.457 e. The van der Waals surface area contributed by atoms with Crippen LogP contribution < -0.4 is 4.74 Å². The molecule has 0 aliphatic heterocycles. The molecule has 0 bridgehead atoms. The number of rotatable bonds is 3. The first kappa shape index (κ1) is 15.2. The Hall–Kier alpha value is -1.20. The third-order valence-corrected chi connectivity index (χ3v) is 3.40. The van der Waals surface area contributed by atoms with Crippen LogP contribution in [-0.2, 0) is 11.5 Å². The maximum atomic E-state index is 12.9. The van der Waals surface area contributed by atoms with E-state index >= 15 is 0 Å². The second kappa shape index (κ2) is 6.06. The van der Waals surface area contributed by atoms with Crippen molar-refractivity contribution < 1.29 is 17.9 Å². The van der Waals surface area contributed by atoms with Gasteiger partial charge in [-0.05, 0) is 35.9 Å².